The van der Waals surface area contributed by atoms with Gasteiger partial charge in [0.1, 0.15) is 5.54 Å². The molecular weight excluding hydrogens is 444 g/mol. The lowest BCUT2D eigenvalue weighted by Gasteiger charge is -2.15. The minimum Gasteiger partial charge on any atom is -0.494 e. The van der Waals surface area contributed by atoms with E-state index >= 15 is 0 Å². The molecule has 0 bridgehead atoms. The average Bonchev–Trinajstić information content (AvgIpc) is 3.48. The zero-order chi connectivity index (χ0) is 24.9. The molecule has 0 radical (unpaired) electrons. The fourth-order valence-corrected chi connectivity index (χ4v) is 4.16. The van der Waals surface area contributed by atoms with Crippen LogP contribution in [-0.2, 0) is 5.54 Å². The summed E-state index contributed by atoms with van der Waals surface area (Å²) < 4.78 is 14.7. The van der Waals surface area contributed by atoms with Crippen molar-refractivity contribution in [3.8, 4) is 40.5 Å². The van der Waals surface area contributed by atoms with Crippen molar-refractivity contribution in [2.24, 2.45) is 5.92 Å². The SMILES string of the molecule is COc1ncc(-c2cc(C)c3c(O)n(-c4cnn(C(C)(C)C#N)c4)c(C)c3n2)cc1OCC1CC1. The Hall–Kier alpha value is -4.06. The first kappa shape index (κ1) is 22.7. The van der Waals surface area contributed by atoms with Crippen LogP contribution >= 0.6 is 0 Å². The number of pyridine rings is 2. The van der Waals surface area contributed by atoms with Crippen molar-refractivity contribution in [1.29, 1.82) is 5.26 Å². The Bertz CT molecular complexity index is 1470. The molecule has 1 N–H and O–H groups in total. The van der Waals surface area contributed by atoms with E-state index < -0.39 is 5.54 Å². The van der Waals surface area contributed by atoms with Gasteiger partial charge in [0.25, 0.3) is 5.88 Å². The summed E-state index contributed by atoms with van der Waals surface area (Å²) in [6.07, 6.45) is 7.50. The average molecular weight is 473 g/mol. The van der Waals surface area contributed by atoms with Crippen molar-refractivity contribution in [3.05, 3.63) is 42.0 Å². The molecule has 4 aromatic heterocycles. The van der Waals surface area contributed by atoms with Gasteiger partial charge >= 0.3 is 0 Å². The Kier molecular flexibility index (Phi) is 5.39. The first-order valence-electron chi connectivity index (χ1n) is 11.6. The maximum absolute atomic E-state index is 11.1. The first-order valence-corrected chi connectivity index (χ1v) is 11.6. The van der Waals surface area contributed by atoms with Gasteiger partial charge in [-0.1, -0.05) is 0 Å². The summed E-state index contributed by atoms with van der Waals surface area (Å²) in [7, 11) is 1.58. The van der Waals surface area contributed by atoms with E-state index in [-0.39, 0.29) is 5.88 Å². The molecule has 9 nitrogen and oxygen atoms in total. The molecule has 180 valence electrons. The van der Waals surface area contributed by atoms with Crippen molar-refractivity contribution >= 4 is 10.9 Å². The topological polar surface area (TPSA) is 111 Å². The molecule has 0 aliphatic heterocycles. The number of aryl methyl sites for hydroxylation is 2. The van der Waals surface area contributed by atoms with Gasteiger partial charge in [0.15, 0.2) is 5.75 Å². The van der Waals surface area contributed by atoms with Crippen molar-refractivity contribution in [2.75, 3.05) is 13.7 Å². The highest BCUT2D eigenvalue weighted by molar-refractivity contribution is 5.93. The maximum atomic E-state index is 11.1. The van der Waals surface area contributed by atoms with Gasteiger partial charge in [-0.2, -0.15) is 10.4 Å². The van der Waals surface area contributed by atoms with E-state index in [0.29, 0.717) is 40.7 Å². The van der Waals surface area contributed by atoms with E-state index in [0.717, 1.165) is 22.5 Å². The second-order valence-corrected chi connectivity index (χ2v) is 9.59. The quantitative estimate of drug-likeness (QED) is 0.416. The first-order chi connectivity index (χ1) is 16.7. The molecule has 5 rings (SSSR count). The molecule has 0 spiro atoms. The molecule has 4 aromatic rings. The molecule has 0 saturated heterocycles. The highest BCUT2D eigenvalue weighted by Gasteiger charge is 2.25. The summed E-state index contributed by atoms with van der Waals surface area (Å²) in [6.45, 7) is 8.07. The van der Waals surface area contributed by atoms with E-state index in [1.807, 2.05) is 26.0 Å². The zero-order valence-corrected chi connectivity index (χ0v) is 20.5. The van der Waals surface area contributed by atoms with E-state index in [4.69, 9.17) is 14.5 Å². The molecule has 0 atom stereocenters. The summed E-state index contributed by atoms with van der Waals surface area (Å²) in [6, 6.07) is 6.07. The molecule has 4 heterocycles. The maximum Gasteiger partial charge on any atom is 0.256 e. The van der Waals surface area contributed by atoms with Gasteiger partial charge in [0.05, 0.1) is 54.5 Å². The van der Waals surface area contributed by atoms with Crippen LogP contribution in [0.1, 0.15) is 37.9 Å². The summed E-state index contributed by atoms with van der Waals surface area (Å²) >= 11 is 0. The molecule has 9 heteroatoms. The fourth-order valence-electron chi connectivity index (χ4n) is 4.16. The van der Waals surface area contributed by atoms with E-state index in [9.17, 15) is 10.4 Å². The highest BCUT2D eigenvalue weighted by Crippen LogP contribution is 2.38. The van der Waals surface area contributed by atoms with Crippen LogP contribution < -0.4 is 9.47 Å². The number of fused-ring (bicyclic) bond motifs is 1. The number of methoxy groups -OCH3 is 1. The smallest absolute Gasteiger partial charge is 0.256 e. The number of ether oxygens (including phenoxy) is 2. The summed E-state index contributed by atoms with van der Waals surface area (Å²) in [5.41, 5.74) is 3.70. The van der Waals surface area contributed by atoms with Gasteiger partial charge in [-0.25, -0.2) is 9.97 Å². The third-order valence-corrected chi connectivity index (χ3v) is 6.48. The lowest BCUT2D eigenvalue weighted by Crippen LogP contribution is -2.24. The largest absolute Gasteiger partial charge is 0.494 e. The van der Waals surface area contributed by atoms with Gasteiger partial charge in [-0.15, -0.1) is 0 Å². The number of nitriles is 1. The molecule has 1 aliphatic rings. The standard InChI is InChI=1S/C26H28N6O3/c1-15-8-20(18-9-21(24(34-5)28-10-18)35-13-17-6-7-17)30-23-16(2)32(25(33)22(15)23)19-11-29-31(12-19)26(3,4)14-27/h8-12,17,33H,6-7,13H2,1-5H3. The van der Waals surface area contributed by atoms with Gasteiger partial charge < -0.3 is 14.6 Å². The minimum atomic E-state index is -0.809. The highest BCUT2D eigenvalue weighted by atomic mass is 16.5. The van der Waals surface area contributed by atoms with Crippen LogP contribution in [0.2, 0.25) is 0 Å². The van der Waals surface area contributed by atoms with Crippen molar-refractivity contribution in [3.63, 3.8) is 0 Å². The molecular formula is C26H28N6O3. The second kappa shape index (κ2) is 8.31. The van der Waals surface area contributed by atoms with Crippen LogP contribution in [-0.4, -0.2) is 43.1 Å². The lowest BCUT2D eigenvalue weighted by atomic mass is 10.1. The molecule has 35 heavy (non-hydrogen) atoms. The molecule has 0 unspecified atom stereocenters. The second-order valence-electron chi connectivity index (χ2n) is 9.59. The summed E-state index contributed by atoms with van der Waals surface area (Å²) in [5.74, 6) is 1.74. The lowest BCUT2D eigenvalue weighted by molar-refractivity contribution is 0.276. The van der Waals surface area contributed by atoms with Crippen LogP contribution in [0.3, 0.4) is 0 Å². The van der Waals surface area contributed by atoms with Crippen LogP contribution in [0, 0.1) is 31.1 Å². The van der Waals surface area contributed by atoms with Crippen LogP contribution in [0.4, 0.5) is 0 Å². The third-order valence-electron chi connectivity index (χ3n) is 6.48. The van der Waals surface area contributed by atoms with E-state index in [1.54, 1.807) is 48.8 Å². The monoisotopic (exact) mass is 472 g/mol. The molecule has 0 aromatic carbocycles. The Morgan fingerprint density at radius 1 is 1.23 bits per heavy atom. The van der Waals surface area contributed by atoms with Crippen LogP contribution in [0.5, 0.6) is 17.5 Å². The number of hydrogen-bond acceptors (Lipinski definition) is 7. The Labute approximate surface area is 203 Å². The summed E-state index contributed by atoms with van der Waals surface area (Å²) in [5, 5.41) is 25.6. The van der Waals surface area contributed by atoms with Gasteiger partial charge in [0, 0.05) is 17.5 Å². The predicted octanol–water partition coefficient (Wildman–Crippen LogP) is 4.66. The van der Waals surface area contributed by atoms with Gasteiger partial charge in [0.2, 0.25) is 5.88 Å². The Morgan fingerprint density at radius 3 is 2.69 bits per heavy atom. The minimum absolute atomic E-state index is 0.0877. The molecule has 1 aliphatic carbocycles. The van der Waals surface area contributed by atoms with Crippen LogP contribution in [0.15, 0.2) is 30.7 Å². The fraction of sp³-hybridized carbons (Fsp3) is 0.385. The molecule has 0 amide bonds. The number of hydrogen-bond donors (Lipinski definition) is 1. The number of nitrogens with zero attached hydrogens (tertiary/aromatic N) is 6. The zero-order valence-electron chi connectivity index (χ0n) is 20.5. The number of aromatic nitrogens is 5. The van der Waals surface area contributed by atoms with Crippen molar-refractivity contribution in [1.82, 2.24) is 24.3 Å². The molecule has 1 saturated carbocycles. The summed E-state index contributed by atoms with van der Waals surface area (Å²) in [4.78, 5) is 9.32. The van der Waals surface area contributed by atoms with Crippen molar-refractivity contribution < 1.29 is 14.6 Å². The van der Waals surface area contributed by atoms with Gasteiger partial charge in [-0.05, 0) is 64.2 Å². The third kappa shape index (κ3) is 3.95. The van der Waals surface area contributed by atoms with Crippen molar-refractivity contribution in [2.45, 2.75) is 46.1 Å². The normalized spacial score (nSPS) is 13.7. The van der Waals surface area contributed by atoms with Gasteiger partial charge in [-0.3, -0.25) is 9.25 Å². The number of rotatable bonds is 7. The van der Waals surface area contributed by atoms with Crippen LogP contribution in [0.25, 0.3) is 27.8 Å². The Balaban J connectivity index is 1.59. The van der Waals surface area contributed by atoms with E-state index in [2.05, 4.69) is 16.2 Å². The van der Waals surface area contributed by atoms with E-state index in [1.165, 1.54) is 12.8 Å². The Morgan fingerprint density at radius 2 is 2.00 bits per heavy atom. The predicted molar refractivity (Wildman–Crippen MR) is 131 cm³/mol. The molecule has 1 fully saturated rings. The number of aromatic hydroxyl groups is 1.